The molecule has 2 fully saturated rings. The van der Waals surface area contributed by atoms with E-state index in [9.17, 15) is 9.90 Å². The molecule has 0 spiro atoms. The van der Waals surface area contributed by atoms with E-state index in [1.165, 1.54) is 37.0 Å². The predicted octanol–water partition coefficient (Wildman–Crippen LogP) is 0.861. The van der Waals surface area contributed by atoms with E-state index in [2.05, 4.69) is 15.2 Å². The Morgan fingerprint density at radius 2 is 2.21 bits per heavy atom. The molecular formula is C13H19N3O2S. The van der Waals surface area contributed by atoms with Gasteiger partial charge in [-0.3, -0.25) is 9.69 Å². The molecule has 104 valence electrons. The zero-order valence-corrected chi connectivity index (χ0v) is 11.6. The number of aliphatic hydroxyl groups excluding tert-OH is 1. The van der Waals surface area contributed by atoms with Crippen LogP contribution >= 0.6 is 11.3 Å². The van der Waals surface area contributed by atoms with Crippen LogP contribution in [0.15, 0.2) is 10.9 Å². The molecule has 0 aromatic carbocycles. The van der Waals surface area contributed by atoms with E-state index >= 15 is 0 Å². The number of carbonyl (C=O) groups is 1. The number of rotatable bonds is 3. The van der Waals surface area contributed by atoms with Crippen LogP contribution in [0.4, 0.5) is 0 Å². The third kappa shape index (κ3) is 2.80. The predicted molar refractivity (Wildman–Crippen MR) is 73.2 cm³/mol. The number of aromatic nitrogens is 1. The average Bonchev–Trinajstić information content (AvgIpc) is 3.09. The summed E-state index contributed by atoms with van der Waals surface area (Å²) < 4.78 is 0. The molecule has 0 unspecified atom stereocenters. The molecule has 2 heterocycles. The van der Waals surface area contributed by atoms with E-state index < -0.39 is 6.10 Å². The van der Waals surface area contributed by atoms with E-state index in [1.807, 2.05) is 0 Å². The lowest BCUT2D eigenvalue weighted by Gasteiger charge is -2.23. The number of thiazole rings is 1. The van der Waals surface area contributed by atoms with Crippen molar-refractivity contribution in [1.82, 2.24) is 15.2 Å². The quantitative estimate of drug-likeness (QED) is 0.862. The highest BCUT2D eigenvalue weighted by Crippen LogP contribution is 2.26. The van der Waals surface area contributed by atoms with Gasteiger partial charge in [-0.05, 0) is 12.8 Å². The van der Waals surface area contributed by atoms with Crippen molar-refractivity contribution in [2.75, 3.05) is 13.1 Å². The molecule has 3 rings (SSSR count). The first-order valence-corrected chi connectivity index (χ1v) is 7.79. The summed E-state index contributed by atoms with van der Waals surface area (Å²) in [6, 6.07) is 0.422. The van der Waals surface area contributed by atoms with Crippen molar-refractivity contribution in [2.45, 2.75) is 43.9 Å². The van der Waals surface area contributed by atoms with Gasteiger partial charge in [0.1, 0.15) is 5.69 Å². The minimum absolute atomic E-state index is 0.171. The lowest BCUT2D eigenvalue weighted by molar-refractivity contribution is 0.0883. The van der Waals surface area contributed by atoms with Crippen LogP contribution in [-0.2, 0) is 0 Å². The Morgan fingerprint density at radius 1 is 1.42 bits per heavy atom. The number of carbonyl (C=O) groups excluding carboxylic acids is 1. The van der Waals surface area contributed by atoms with E-state index in [0.29, 0.717) is 18.3 Å². The molecule has 0 bridgehead atoms. The molecule has 5 nitrogen and oxygen atoms in total. The highest BCUT2D eigenvalue weighted by molar-refractivity contribution is 7.07. The summed E-state index contributed by atoms with van der Waals surface area (Å²) in [6.45, 7) is 1.42. The van der Waals surface area contributed by atoms with Gasteiger partial charge < -0.3 is 10.4 Å². The number of nitrogens with zero attached hydrogens (tertiary/aromatic N) is 2. The molecule has 2 aliphatic rings. The topological polar surface area (TPSA) is 65.5 Å². The third-order valence-electron chi connectivity index (χ3n) is 4.14. The Kier molecular flexibility index (Phi) is 3.81. The maximum Gasteiger partial charge on any atom is 0.271 e. The van der Waals surface area contributed by atoms with Gasteiger partial charge in [-0.1, -0.05) is 12.8 Å². The number of aliphatic hydroxyl groups is 1. The molecule has 0 radical (unpaired) electrons. The second-order valence-electron chi connectivity index (χ2n) is 5.41. The fourth-order valence-electron chi connectivity index (χ4n) is 3.09. The number of hydrogen-bond donors (Lipinski definition) is 2. The number of nitrogens with one attached hydrogen (secondary N) is 1. The van der Waals surface area contributed by atoms with Crippen LogP contribution < -0.4 is 5.32 Å². The van der Waals surface area contributed by atoms with Gasteiger partial charge in [-0.25, -0.2) is 4.98 Å². The molecule has 1 amide bonds. The zero-order chi connectivity index (χ0) is 13.2. The number of likely N-dealkylation sites (tertiary alicyclic amines) is 1. The Labute approximate surface area is 116 Å². The van der Waals surface area contributed by atoms with Crippen molar-refractivity contribution in [3.63, 3.8) is 0 Å². The Morgan fingerprint density at radius 3 is 2.89 bits per heavy atom. The monoisotopic (exact) mass is 281 g/mol. The molecule has 6 heteroatoms. The first kappa shape index (κ1) is 13.0. The van der Waals surface area contributed by atoms with E-state index in [4.69, 9.17) is 0 Å². The smallest absolute Gasteiger partial charge is 0.271 e. The van der Waals surface area contributed by atoms with Crippen molar-refractivity contribution < 1.29 is 9.90 Å². The highest BCUT2D eigenvalue weighted by Gasteiger charge is 2.36. The number of β-amino-alcohol motifs (C(OH)–C–C–N with tert-alkyl or cyclic N) is 1. The normalized spacial score (nSPS) is 28.9. The summed E-state index contributed by atoms with van der Waals surface area (Å²) in [5.74, 6) is -0.182. The Bertz CT molecular complexity index is 431. The van der Waals surface area contributed by atoms with Crippen LogP contribution in [0, 0.1) is 0 Å². The van der Waals surface area contributed by atoms with Crippen molar-refractivity contribution in [2.24, 2.45) is 0 Å². The van der Waals surface area contributed by atoms with Gasteiger partial charge in [0, 0.05) is 24.5 Å². The van der Waals surface area contributed by atoms with Crippen LogP contribution in [-0.4, -0.2) is 52.2 Å². The first-order chi connectivity index (χ1) is 9.24. The summed E-state index contributed by atoms with van der Waals surface area (Å²) in [4.78, 5) is 18.3. The maximum absolute atomic E-state index is 11.9. The molecule has 1 aliphatic heterocycles. The third-order valence-corrected chi connectivity index (χ3v) is 4.73. The second-order valence-corrected chi connectivity index (χ2v) is 6.13. The van der Waals surface area contributed by atoms with Gasteiger partial charge in [-0.15, -0.1) is 11.3 Å². The van der Waals surface area contributed by atoms with Crippen molar-refractivity contribution in [3.8, 4) is 0 Å². The van der Waals surface area contributed by atoms with Gasteiger partial charge in [-0.2, -0.15) is 0 Å². The lowest BCUT2D eigenvalue weighted by Crippen LogP contribution is -2.43. The fourth-order valence-corrected chi connectivity index (χ4v) is 3.62. The minimum Gasteiger partial charge on any atom is -0.390 e. The molecule has 19 heavy (non-hydrogen) atoms. The summed E-state index contributed by atoms with van der Waals surface area (Å²) in [7, 11) is 0. The average molecular weight is 281 g/mol. The summed E-state index contributed by atoms with van der Waals surface area (Å²) in [5.41, 5.74) is 2.08. The van der Waals surface area contributed by atoms with E-state index in [-0.39, 0.29) is 11.9 Å². The molecule has 1 saturated heterocycles. The van der Waals surface area contributed by atoms with Crippen molar-refractivity contribution in [1.29, 1.82) is 0 Å². The SMILES string of the molecule is O=C(N[C@@H]1CN(C2CCCC2)C[C@H]1O)c1cscn1. The largest absolute Gasteiger partial charge is 0.390 e. The van der Waals surface area contributed by atoms with Gasteiger partial charge in [0.25, 0.3) is 5.91 Å². The van der Waals surface area contributed by atoms with Crippen LogP contribution in [0.25, 0.3) is 0 Å². The van der Waals surface area contributed by atoms with Gasteiger partial charge in [0.2, 0.25) is 0 Å². The Hall–Kier alpha value is -0.980. The number of hydrogen-bond acceptors (Lipinski definition) is 5. The van der Waals surface area contributed by atoms with Gasteiger partial charge in [0.05, 0.1) is 17.7 Å². The summed E-state index contributed by atoms with van der Waals surface area (Å²) in [6.07, 6.45) is 4.54. The maximum atomic E-state index is 11.9. The van der Waals surface area contributed by atoms with Gasteiger partial charge >= 0.3 is 0 Å². The Balaban J connectivity index is 1.58. The summed E-state index contributed by atoms with van der Waals surface area (Å²) in [5, 5.41) is 14.7. The fraction of sp³-hybridized carbons (Fsp3) is 0.692. The van der Waals surface area contributed by atoms with Crippen LogP contribution in [0.1, 0.15) is 36.2 Å². The van der Waals surface area contributed by atoms with Crippen LogP contribution in [0.2, 0.25) is 0 Å². The van der Waals surface area contributed by atoms with Crippen LogP contribution in [0.5, 0.6) is 0 Å². The van der Waals surface area contributed by atoms with E-state index in [0.717, 1.165) is 6.54 Å². The van der Waals surface area contributed by atoms with Crippen molar-refractivity contribution in [3.05, 3.63) is 16.6 Å². The molecule has 1 aliphatic carbocycles. The van der Waals surface area contributed by atoms with Crippen LogP contribution in [0.3, 0.4) is 0 Å². The molecule has 2 atom stereocenters. The van der Waals surface area contributed by atoms with Gasteiger partial charge in [0.15, 0.2) is 0 Å². The molecular weight excluding hydrogens is 262 g/mol. The second kappa shape index (κ2) is 5.56. The molecule has 1 saturated carbocycles. The molecule has 2 N–H and O–H groups in total. The zero-order valence-electron chi connectivity index (χ0n) is 10.8. The number of amides is 1. The summed E-state index contributed by atoms with van der Waals surface area (Å²) >= 11 is 1.40. The first-order valence-electron chi connectivity index (χ1n) is 6.85. The highest BCUT2D eigenvalue weighted by atomic mass is 32.1. The van der Waals surface area contributed by atoms with Crippen molar-refractivity contribution >= 4 is 17.2 Å². The standard InChI is InChI=1S/C13H19N3O2S/c17-12-6-16(9-3-1-2-4-9)5-10(12)15-13(18)11-7-19-8-14-11/h7-10,12,17H,1-6H2,(H,15,18)/t10-,12-/m1/s1. The molecule has 1 aromatic heterocycles. The minimum atomic E-state index is -0.469. The van der Waals surface area contributed by atoms with E-state index in [1.54, 1.807) is 10.9 Å². The molecule has 1 aromatic rings. The lowest BCUT2D eigenvalue weighted by atomic mass is 10.2.